The van der Waals surface area contributed by atoms with E-state index in [-0.39, 0.29) is 12.0 Å². The molecule has 2 aromatic carbocycles. The summed E-state index contributed by atoms with van der Waals surface area (Å²) in [6.45, 7) is 0. The Balaban J connectivity index is 2.07. The van der Waals surface area contributed by atoms with E-state index in [4.69, 9.17) is 4.42 Å². The minimum absolute atomic E-state index is 0.216. The quantitative estimate of drug-likeness (QED) is 0.800. The molecule has 0 aliphatic carbocycles. The molecule has 3 aromatic rings. The molecule has 4 heteroatoms. The molecule has 0 saturated heterocycles. The van der Waals surface area contributed by atoms with Crippen LogP contribution in [0.3, 0.4) is 0 Å². The molecular formula is C17H12O4. The highest BCUT2D eigenvalue weighted by atomic mass is 16.4. The fourth-order valence-corrected chi connectivity index (χ4v) is 2.34. The lowest BCUT2D eigenvalue weighted by atomic mass is 10.0. The van der Waals surface area contributed by atoms with Crippen LogP contribution in [0.5, 0.6) is 0 Å². The van der Waals surface area contributed by atoms with Crippen molar-refractivity contribution in [2.24, 2.45) is 0 Å². The molecule has 104 valence electrons. The monoisotopic (exact) mass is 280 g/mol. The highest BCUT2D eigenvalue weighted by Gasteiger charge is 2.11. The molecule has 0 spiro atoms. The first-order valence-corrected chi connectivity index (χ1v) is 6.48. The Morgan fingerprint density at radius 2 is 1.76 bits per heavy atom. The third-order valence-corrected chi connectivity index (χ3v) is 3.33. The van der Waals surface area contributed by atoms with Crippen LogP contribution in [0, 0.1) is 0 Å². The van der Waals surface area contributed by atoms with Gasteiger partial charge >= 0.3 is 11.6 Å². The average Bonchev–Trinajstić information content (AvgIpc) is 2.47. The molecule has 1 aromatic heterocycles. The molecule has 0 aliphatic rings. The van der Waals surface area contributed by atoms with E-state index in [9.17, 15) is 14.7 Å². The molecule has 3 rings (SSSR count). The van der Waals surface area contributed by atoms with Gasteiger partial charge in [0.15, 0.2) is 0 Å². The van der Waals surface area contributed by atoms with Crippen LogP contribution in [-0.2, 0) is 6.42 Å². The smallest absolute Gasteiger partial charge is 0.343 e. The van der Waals surface area contributed by atoms with E-state index in [2.05, 4.69) is 0 Å². The summed E-state index contributed by atoms with van der Waals surface area (Å²) in [7, 11) is 0. The van der Waals surface area contributed by atoms with Gasteiger partial charge in [-0.25, -0.2) is 9.59 Å². The van der Waals surface area contributed by atoms with Crippen molar-refractivity contribution >= 4 is 16.7 Å². The summed E-state index contributed by atoms with van der Waals surface area (Å²) in [5.41, 5.74) is 0.424. The molecule has 0 atom stereocenters. The molecule has 0 fully saturated rings. The van der Waals surface area contributed by atoms with E-state index in [1.165, 1.54) is 6.07 Å². The summed E-state index contributed by atoms with van der Waals surface area (Å²) in [5, 5.41) is 10.5. The number of benzene rings is 2. The fourth-order valence-electron chi connectivity index (χ4n) is 2.34. The molecule has 0 unspecified atom stereocenters. The minimum atomic E-state index is -0.992. The second-order valence-electron chi connectivity index (χ2n) is 4.73. The number of carboxylic acids is 1. The molecule has 21 heavy (non-hydrogen) atoms. The van der Waals surface area contributed by atoms with E-state index >= 15 is 0 Å². The van der Waals surface area contributed by atoms with Crippen molar-refractivity contribution in [2.75, 3.05) is 0 Å². The van der Waals surface area contributed by atoms with Gasteiger partial charge in [-0.05, 0) is 29.1 Å². The van der Waals surface area contributed by atoms with Gasteiger partial charge < -0.3 is 9.52 Å². The molecule has 4 nitrogen and oxygen atoms in total. The van der Waals surface area contributed by atoms with Gasteiger partial charge in [0.1, 0.15) is 5.76 Å². The van der Waals surface area contributed by atoms with Gasteiger partial charge in [0.25, 0.3) is 0 Å². The molecule has 0 saturated carbocycles. The molecule has 0 aliphatic heterocycles. The number of carboxylic acid groups (broad SMARTS) is 1. The van der Waals surface area contributed by atoms with Crippen LogP contribution < -0.4 is 5.63 Å². The predicted molar refractivity (Wildman–Crippen MR) is 78.7 cm³/mol. The van der Waals surface area contributed by atoms with Gasteiger partial charge in [-0.15, -0.1) is 0 Å². The Bertz CT molecular complexity index is 877. The number of hydrogen-bond donors (Lipinski definition) is 1. The van der Waals surface area contributed by atoms with E-state index in [0.29, 0.717) is 16.7 Å². The standard InChI is InChI=1S/C17H12O4/c18-16(19)14-7-3-1-5-11(14)9-13-10-12-6-2-4-8-15(12)17(20)21-13/h1-8,10H,9H2,(H,18,19). The van der Waals surface area contributed by atoms with Gasteiger partial charge in [0, 0.05) is 6.42 Å². The summed E-state index contributed by atoms with van der Waals surface area (Å²) >= 11 is 0. The zero-order valence-electron chi connectivity index (χ0n) is 11.1. The Hall–Kier alpha value is -2.88. The lowest BCUT2D eigenvalue weighted by molar-refractivity contribution is 0.0696. The number of carbonyl (C=O) groups is 1. The second kappa shape index (κ2) is 5.25. The van der Waals surface area contributed by atoms with Gasteiger partial charge in [-0.3, -0.25) is 0 Å². The maximum atomic E-state index is 11.9. The minimum Gasteiger partial charge on any atom is -0.478 e. The maximum Gasteiger partial charge on any atom is 0.343 e. The number of fused-ring (bicyclic) bond motifs is 1. The van der Waals surface area contributed by atoms with E-state index in [1.54, 1.807) is 36.4 Å². The summed E-state index contributed by atoms with van der Waals surface area (Å²) in [5.74, 6) is -0.541. The molecule has 1 heterocycles. The van der Waals surface area contributed by atoms with Crippen LogP contribution in [0.2, 0.25) is 0 Å². The van der Waals surface area contributed by atoms with Crippen molar-refractivity contribution in [3.05, 3.63) is 81.9 Å². The Labute approximate surface area is 120 Å². The number of rotatable bonds is 3. The van der Waals surface area contributed by atoms with Crippen LogP contribution >= 0.6 is 0 Å². The largest absolute Gasteiger partial charge is 0.478 e. The molecule has 1 N–H and O–H groups in total. The summed E-state index contributed by atoms with van der Waals surface area (Å²) in [4.78, 5) is 23.1. The summed E-state index contributed by atoms with van der Waals surface area (Å²) < 4.78 is 5.28. The average molecular weight is 280 g/mol. The fraction of sp³-hybridized carbons (Fsp3) is 0.0588. The Morgan fingerprint density at radius 3 is 2.57 bits per heavy atom. The number of hydrogen-bond acceptors (Lipinski definition) is 3. The van der Waals surface area contributed by atoms with Crippen molar-refractivity contribution in [1.29, 1.82) is 0 Å². The second-order valence-corrected chi connectivity index (χ2v) is 4.73. The molecular weight excluding hydrogens is 268 g/mol. The Morgan fingerprint density at radius 1 is 1.05 bits per heavy atom. The van der Waals surface area contributed by atoms with E-state index in [1.807, 2.05) is 12.1 Å². The van der Waals surface area contributed by atoms with Crippen LogP contribution in [0.25, 0.3) is 10.8 Å². The lowest BCUT2D eigenvalue weighted by Crippen LogP contribution is -2.06. The summed E-state index contributed by atoms with van der Waals surface area (Å²) in [6.07, 6.45) is 0.266. The van der Waals surface area contributed by atoms with Crippen LogP contribution in [0.1, 0.15) is 21.7 Å². The number of aromatic carboxylic acids is 1. The van der Waals surface area contributed by atoms with Crippen molar-refractivity contribution < 1.29 is 14.3 Å². The zero-order valence-corrected chi connectivity index (χ0v) is 11.1. The summed E-state index contributed by atoms with van der Waals surface area (Å²) in [6, 6.07) is 15.6. The predicted octanol–water partition coefficient (Wildman–Crippen LogP) is 3.08. The van der Waals surface area contributed by atoms with Crippen molar-refractivity contribution in [3.63, 3.8) is 0 Å². The molecule has 0 radical (unpaired) electrons. The normalized spacial score (nSPS) is 10.7. The third kappa shape index (κ3) is 2.56. The van der Waals surface area contributed by atoms with Gasteiger partial charge in [0.2, 0.25) is 0 Å². The van der Waals surface area contributed by atoms with E-state index in [0.717, 1.165) is 5.39 Å². The first-order chi connectivity index (χ1) is 10.1. The van der Waals surface area contributed by atoms with Crippen LogP contribution in [-0.4, -0.2) is 11.1 Å². The van der Waals surface area contributed by atoms with Crippen LogP contribution in [0.4, 0.5) is 0 Å². The van der Waals surface area contributed by atoms with Crippen molar-refractivity contribution in [3.8, 4) is 0 Å². The third-order valence-electron chi connectivity index (χ3n) is 3.33. The van der Waals surface area contributed by atoms with Crippen molar-refractivity contribution in [2.45, 2.75) is 6.42 Å². The molecule has 0 amide bonds. The van der Waals surface area contributed by atoms with Crippen molar-refractivity contribution in [1.82, 2.24) is 0 Å². The Kier molecular flexibility index (Phi) is 3.28. The maximum absolute atomic E-state index is 11.9. The van der Waals surface area contributed by atoms with Gasteiger partial charge in [-0.2, -0.15) is 0 Å². The first-order valence-electron chi connectivity index (χ1n) is 6.48. The lowest BCUT2D eigenvalue weighted by Gasteiger charge is -2.06. The SMILES string of the molecule is O=C(O)c1ccccc1Cc1cc2ccccc2c(=O)o1. The topological polar surface area (TPSA) is 67.5 Å². The first kappa shape index (κ1) is 13.1. The highest BCUT2D eigenvalue weighted by molar-refractivity contribution is 5.89. The van der Waals surface area contributed by atoms with Crippen LogP contribution in [0.15, 0.2) is 63.8 Å². The van der Waals surface area contributed by atoms with E-state index < -0.39 is 11.6 Å². The molecule has 0 bridgehead atoms. The van der Waals surface area contributed by atoms with Gasteiger partial charge in [0.05, 0.1) is 10.9 Å². The zero-order chi connectivity index (χ0) is 14.8. The highest BCUT2D eigenvalue weighted by Crippen LogP contribution is 2.17. The van der Waals surface area contributed by atoms with Gasteiger partial charge in [-0.1, -0.05) is 36.4 Å².